The van der Waals surface area contributed by atoms with Crippen LogP contribution in [0.1, 0.15) is 18.5 Å². The molecule has 1 aliphatic rings. The molecule has 1 atom stereocenters. The highest BCUT2D eigenvalue weighted by molar-refractivity contribution is 5.85. The Morgan fingerprint density at radius 2 is 2.20 bits per heavy atom. The number of nitro groups is 1. The Morgan fingerprint density at radius 1 is 1.45 bits per heavy atom. The van der Waals surface area contributed by atoms with E-state index in [0.717, 1.165) is 6.42 Å². The predicted molar refractivity (Wildman–Crippen MR) is 72.6 cm³/mol. The van der Waals surface area contributed by atoms with Gasteiger partial charge in [-0.15, -0.1) is 0 Å². The van der Waals surface area contributed by atoms with Gasteiger partial charge >= 0.3 is 5.69 Å². The lowest BCUT2D eigenvalue weighted by molar-refractivity contribution is -0.385. The van der Waals surface area contributed by atoms with Crippen LogP contribution in [0.5, 0.6) is 0 Å². The number of amides is 1. The van der Waals surface area contributed by atoms with Gasteiger partial charge in [0, 0.05) is 13.6 Å². The number of rotatable bonds is 4. The van der Waals surface area contributed by atoms with E-state index in [1.807, 2.05) is 0 Å². The summed E-state index contributed by atoms with van der Waals surface area (Å²) in [5.41, 5.74) is 0.0374. The summed E-state index contributed by atoms with van der Waals surface area (Å²) in [6.07, 6.45) is 1.43. The number of nitrogens with zero attached hydrogens (tertiary/aromatic N) is 3. The molecule has 9 nitrogen and oxygen atoms in total. The molecule has 1 aliphatic heterocycles. The summed E-state index contributed by atoms with van der Waals surface area (Å²) in [6, 6.07) is -0.513. The van der Waals surface area contributed by atoms with Gasteiger partial charge in [-0.05, 0) is 19.8 Å². The number of aromatic nitrogens is 2. The molecule has 0 spiro atoms. The van der Waals surface area contributed by atoms with Crippen molar-refractivity contribution in [3.8, 4) is 0 Å². The van der Waals surface area contributed by atoms with Gasteiger partial charge in [-0.1, -0.05) is 0 Å². The van der Waals surface area contributed by atoms with Crippen molar-refractivity contribution in [1.29, 1.82) is 0 Å². The average Bonchev–Trinajstić information content (AvgIpc) is 2.40. The van der Waals surface area contributed by atoms with Crippen LogP contribution in [0, 0.1) is 17.0 Å². The summed E-state index contributed by atoms with van der Waals surface area (Å²) < 4.78 is 0. The van der Waals surface area contributed by atoms with Crippen molar-refractivity contribution >= 4 is 23.4 Å². The number of anilines is 2. The molecule has 1 fully saturated rings. The summed E-state index contributed by atoms with van der Waals surface area (Å²) >= 11 is 0. The Bertz CT molecular complexity index is 547. The number of piperidine rings is 1. The Labute approximate surface area is 115 Å². The van der Waals surface area contributed by atoms with Crippen LogP contribution in [0.2, 0.25) is 0 Å². The van der Waals surface area contributed by atoms with Gasteiger partial charge in [0.05, 0.1) is 4.92 Å². The monoisotopic (exact) mass is 280 g/mol. The van der Waals surface area contributed by atoms with Crippen molar-refractivity contribution in [3.63, 3.8) is 0 Å². The number of carbonyl (C=O) groups excluding carboxylic acids is 1. The molecule has 2 heterocycles. The molecule has 1 aromatic rings. The number of aryl methyl sites for hydroxylation is 1. The van der Waals surface area contributed by atoms with E-state index in [0.29, 0.717) is 13.0 Å². The number of nitrogens with one attached hydrogen (secondary N) is 3. The van der Waals surface area contributed by atoms with Gasteiger partial charge in [0.1, 0.15) is 11.7 Å². The second kappa shape index (κ2) is 5.68. The van der Waals surface area contributed by atoms with E-state index in [2.05, 4.69) is 25.9 Å². The lowest BCUT2D eigenvalue weighted by Crippen LogP contribution is -2.44. The van der Waals surface area contributed by atoms with E-state index in [-0.39, 0.29) is 29.1 Å². The highest BCUT2D eigenvalue weighted by Crippen LogP contribution is 2.27. The van der Waals surface area contributed by atoms with Crippen molar-refractivity contribution in [2.45, 2.75) is 25.8 Å². The fraction of sp³-hybridized carbons (Fsp3) is 0.545. The molecule has 1 saturated heterocycles. The molecule has 0 radical (unpaired) electrons. The standard InChI is InChI=1S/C11H16N6O3/c1-6-8(17(19)20)9(16-11(12-2)14-6)15-7-4-3-5-13-10(7)18/h7H,3-5H2,1-2H3,(H,13,18)(H2,12,14,15,16). The molecule has 9 heteroatoms. The first kappa shape index (κ1) is 14.0. The molecule has 1 unspecified atom stereocenters. The van der Waals surface area contributed by atoms with Gasteiger partial charge in [0.15, 0.2) is 0 Å². The van der Waals surface area contributed by atoms with Crippen molar-refractivity contribution in [3.05, 3.63) is 15.8 Å². The van der Waals surface area contributed by atoms with Crippen LogP contribution in [0.4, 0.5) is 17.5 Å². The minimum Gasteiger partial charge on any atom is -0.357 e. The van der Waals surface area contributed by atoms with E-state index < -0.39 is 11.0 Å². The second-order valence-corrected chi connectivity index (χ2v) is 4.47. The molecule has 3 N–H and O–H groups in total. The van der Waals surface area contributed by atoms with Gasteiger partial charge in [-0.25, -0.2) is 4.98 Å². The van der Waals surface area contributed by atoms with Gasteiger partial charge in [0.2, 0.25) is 17.7 Å². The third-order valence-corrected chi connectivity index (χ3v) is 3.06. The SMILES string of the molecule is CNc1nc(C)c([N+](=O)[O-])c(NC2CCCNC2=O)n1. The molecule has 0 aliphatic carbocycles. The van der Waals surface area contributed by atoms with E-state index in [1.165, 1.54) is 6.92 Å². The average molecular weight is 280 g/mol. The Morgan fingerprint density at radius 3 is 2.80 bits per heavy atom. The fourth-order valence-corrected chi connectivity index (χ4v) is 2.07. The maximum absolute atomic E-state index is 11.7. The molecule has 2 rings (SSSR count). The highest BCUT2D eigenvalue weighted by atomic mass is 16.6. The van der Waals surface area contributed by atoms with E-state index in [1.54, 1.807) is 7.05 Å². The third-order valence-electron chi connectivity index (χ3n) is 3.06. The zero-order chi connectivity index (χ0) is 14.7. The molecular weight excluding hydrogens is 264 g/mol. The molecule has 0 aromatic carbocycles. The molecule has 0 bridgehead atoms. The quantitative estimate of drug-likeness (QED) is 0.539. The first-order valence-corrected chi connectivity index (χ1v) is 6.28. The molecule has 108 valence electrons. The fourth-order valence-electron chi connectivity index (χ4n) is 2.07. The second-order valence-electron chi connectivity index (χ2n) is 4.47. The van der Waals surface area contributed by atoms with E-state index >= 15 is 0 Å². The Balaban J connectivity index is 2.35. The minimum absolute atomic E-state index is 0.0638. The summed E-state index contributed by atoms with van der Waals surface area (Å²) in [7, 11) is 1.62. The predicted octanol–water partition coefficient (Wildman–Crippen LogP) is 0.425. The third kappa shape index (κ3) is 2.76. The molecule has 20 heavy (non-hydrogen) atoms. The van der Waals surface area contributed by atoms with Gasteiger partial charge in [0.25, 0.3) is 0 Å². The van der Waals surface area contributed by atoms with Gasteiger partial charge < -0.3 is 16.0 Å². The summed E-state index contributed by atoms with van der Waals surface area (Å²) in [4.78, 5) is 30.3. The van der Waals surface area contributed by atoms with Crippen LogP contribution < -0.4 is 16.0 Å². The molecule has 1 amide bonds. The van der Waals surface area contributed by atoms with Crippen LogP contribution in [0.3, 0.4) is 0 Å². The van der Waals surface area contributed by atoms with Crippen molar-refractivity contribution in [1.82, 2.24) is 15.3 Å². The van der Waals surface area contributed by atoms with Crippen LogP contribution in [-0.4, -0.2) is 40.4 Å². The number of hydrogen-bond acceptors (Lipinski definition) is 7. The first-order valence-electron chi connectivity index (χ1n) is 6.28. The topological polar surface area (TPSA) is 122 Å². The van der Waals surface area contributed by atoms with E-state index in [9.17, 15) is 14.9 Å². The number of carbonyl (C=O) groups is 1. The Kier molecular flexibility index (Phi) is 3.97. The molecule has 1 aromatic heterocycles. The Hall–Kier alpha value is -2.45. The lowest BCUT2D eigenvalue weighted by Gasteiger charge is -2.23. The van der Waals surface area contributed by atoms with Crippen molar-refractivity contribution < 1.29 is 9.72 Å². The van der Waals surface area contributed by atoms with Gasteiger partial charge in [-0.3, -0.25) is 14.9 Å². The smallest absolute Gasteiger partial charge is 0.332 e. The number of hydrogen-bond donors (Lipinski definition) is 3. The minimum atomic E-state index is -0.544. The van der Waals surface area contributed by atoms with Crippen molar-refractivity contribution in [2.75, 3.05) is 24.2 Å². The summed E-state index contributed by atoms with van der Waals surface area (Å²) in [6.45, 7) is 2.16. The van der Waals surface area contributed by atoms with Crippen LogP contribution in [0.25, 0.3) is 0 Å². The largest absolute Gasteiger partial charge is 0.357 e. The van der Waals surface area contributed by atoms with E-state index in [4.69, 9.17) is 0 Å². The summed E-state index contributed by atoms with van der Waals surface area (Å²) in [5, 5.41) is 19.4. The lowest BCUT2D eigenvalue weighted by atomic mass is 10.1. The van der Waals surface area contributed by atoms with Crippen molar-refractivity contribution in [2.24, 2.45) is 0 Å². The summed E-state index contributed by atoms with van der Waals surface area (Å²) in [5.74, 6) is 0.161. The maximum Gasteiger partial charge on any atom is 0.332 e. The first-order chi connectivity index (χ1) is 9.52. The van der Waals surface area contributed by atoms with Crippen LogP contribution in [-0.2, 0) is 4.79 Å². The zero-order valence-electron chi connectivity index (χ0n) is 11.3. The normalized spacial score (nSPS) is 18.3. The van der Waals surface area contributed by atoms with Gasteiger partial charge in [-0.2, -0.15) is 4.98 Å². The zero-order valence-corrected chi connectivity index (χ0v) is 11.3. The molecule has 0 saturated carbocycles. The maximum atomic E-state index is 11.7. The highest BCUT2D eigenvalue weighted by Gasteiger charge is 2.28. The van der Waals surface area contributed by atoms with Crippen LogP contribution >= 0.6 is 0 Å². The molecular formula is C11H16N6O3. The van der Waals surface area contributed by atoms with Crippen LogP contribution in [0.15, 0.2) is 0 Å².